The number of amides is 1. The summed E-state index contributed by atoms with van der Waals surface area (Å²) in [6.45, 7) is 0.435. The van der Waals surface area contributed by atoms with E-state index in [1.165, 1.54) is 0 Å². The predicted molar refractivity (Wildman–Crippen MR) is 100 cm³/mol. The second-order valence-electron chi connectivity index (χ2n) is 5.59. The summed E-state index contributed by atoms with van der Waals surface area (Å²) in [6, 6.07) is 17.6. The number of nitrogens with one attached hydrogen (secondary N) is 1. The molecule has 3 heterocycles. The van der Waals surface area contributed by atoms with Crippen LogP contribution in [0.1, 0.15) is 16.1 Å². The monoisotopic (exact) mass is 345 g/mol. The van der Waals surface area contributed by atoms with Gasteiger partial charge in [0, 0.05) is 24.3 Å². The van der Waals surface area contributed by atoms with Crippen LogP contribution in [-0.4, -0.2) is 15.9 Å². The molecule has 1 N–H and O–H groups in total. The number of hydrogen-bond donors (Lipinski definition) is 1. The molecule has 0 atom stereocenters. The second kappa shape index (κ2) is 6.83. The molecular weight excluding hydrogens is 330 g/mol. The molecule has 0 radical (unpaired) electrons. The molecule has 1 aromatic carbocycles. The summed E-state index contributed by atoms with van der Waals surface area (Å²) in [7, 11) is 0. The van der Waals surface area contributed by atoms with Gasteiger partial charge in [0.15, 0.2) is 0 Å². The Hall–Kier alpha value is -3.05. The van der Waals surface area contributed by atoms with Crippen molar-refractivity contribution in [1.29, 1.82) is 0 Å². The molecule has 0 aliphatic carbocycles. The molecule has 0 saturated heterocycles. The number of nitrogens with zero attached hydrogens (tertiary/aromatic N) is 2. The fourth-order valence-electron chi connectivity index (χ4n) is 2.71. The molecule has 0 aliphatic rings. The molecule has 0 bridgehead atoms. The topological polar surface area (TPSA) is 54.9 Å². The molecule has 1 amide bonds. The van der Waals surface area contributed by atoms with Gasteiger partial charge in [-0.3, -0.25) is 14.8 Å². The molecule has 25 heavy (non-hydrogen) atoms. The van der Waals surface area contributed by atoms with Crippen LogP contribution in [-0.2, 0) is 6.54 Å². The summed E-state index contributed by atoms with van der Waals surface area (Å²) >= 11 is 1.65. The predicted octanol–water partition coefficient (Wildman–Crippen LogP) is 4.29. The summed E-state index contributed by atoms with van der Waals surface area (Å²) in [5.74, 6) is -0.175. The van der Waals surface area contributed by atoms with Crippen molar-refractivity contribution in [3.63, 3.8) is 0 Å². The minimum Gasteiger partial charge on any atom is -0.347 e. The first-order valence-electron chi connectivity index (χ1n) is 7.92. The van der Waals surface area contributed by atoms with E-state index in [0.29, 0.717) is 12.2 Å². The molecule has 0 aliphatic heterocycles. The van der Waals surface area contributed by atoms with E-state index in [-0.39, 0.29) is 5.91 Å². The molecular formula is C20H15N3OS. The highest BCUT2D eigenvalue weighted by molar-refractivity contribution is 7.13. The molecule has 4 nitrogen and oxygen atoms in total. The number of fused-ring (bicyclic) bond motifs is 1. The van der Waals surface area contributed by atoms with Crippen LogP contribution in [0.25, 0.3) is 21.3 Å². The first-order valence-corrected chi connectivity index (χ1v) is 8.80. The second-order valence-corrected chi connectivity index (χ2v) is 6.54. The molecule has 3 aromatic heterocycles. The van der Waals surface area contributed by atoms with Crippen LogP contribution >= 0.6 is 11.3 Å². The van der Waals surface area contributed by atoms with Crippen molar-refractivity contribution >= 4 is 28.0 Å². The van der Waals surface area contributed by atoms with Crippen LogP contribution in [0, 0.1) is 0 Å². The lowest BCUT2D eigenvalue weighted by molar-refractivity contribution is 0.0948. The number of hydrogen-bond acceptors (Lipinski definition) is 4. The smallest absolute Gasteiger partial charge is 0.270 e. The zero-order valence-corrected chi connectivity index (χ0v) is 14.2. The zero-order chi connectivity index (χ0) is 17.1. The largest absolute Gasteiger partial charge is 0.347 e. The van der Waals surface area contributed by atoms with Gasteiger partial charge >= 0.3 is 0 Å². The van der Waals surface area contributed by atoms with Crippen molar-refractivity contribution < 1.29 is 4.79 Å². The van der Waals surface area contributed by atoms with Gasteiger partial charge in [0.2, 0.25) is 0 Å². The van der Waals surface area contributed by atoms with E-state index in [9.17, 15) is 4.79 Å². The van der Waals surface area contributed by atoms with E-state index < -0.39 is 0 Å². The van der Waals surface area contributed by atoms with Crippen molar-refractivity contribution in [3.8, 4) is 10.6 Å². The van der Waals surface area contributed by atoms with Crippen LogP contribution in [0.2, 0.25) is 0 Å². The Bertz CT molecular complexity index is 1020. The maximum Gasteiger partial charge on any atom is 0.270 e. The van der Waals surface area contributed by atoms with Crippen molar-refractivity contribution in [2.45, 2.75) is 6.54 Å². The minimum atomic E-state index is -0.175. The lowest BCUT2D eigenvalue weighted by atomic mass is 10.1. The SMILES string of the molecule is O=C(NCc1ccnc(-c2cccs2)c1)c1nccc2ccccc12. The number of pyridine rings is 2. The quantitative estimate of drug-likeness (QED) is 0.600. The van der Waals surface area contributed by atoms with Crippen LogP contribution in [0.4, 0.5) is 0 Å². The summed E-state index contributed by atoms with van der Waals surface area (Å²) in [5.41, 5.74) is 2.38. The van der Waals surface area contributed by atoms with Gasteiger partial charge in [-0.25, -0.2) is 0 Å². The van der Waals surface area contributed by atoms with E-state index in [2.05, 4.69) is 15.3 Å². The molecule has 5 heteroatoms. The number of aromatic nitrogens is 2. The number of carbonyl (C=O) groups is 1. The number of thiophene rings is 1. The van der Waals surface area contributed by atoms with Crippen molar-refractivity contribution in [2.75, 3.05) is 0 Å². The van der Waals surface area contributed by atoms with Crippen molar-refractivity contribution in [2.24, 2.45) is 0 Å². The lowest BCUT2D eigenvalue weighted by Gasteiger charge is -2.08. The number of rotatable bonds is 4. The third-order valence-electron chi connectivity index (χ3n) is 3.94. The maximum absolute atomic E-state index is 12.6. The minimum absolute atomic E-state index is 0.175. The highest BCUT2D eigenvalue weighted by atomic mass is 32.1. The zero-order valence-electron chi connectivity index (χ0n) is 13.3. The Morgan fingerprint density at radius 3 is 2.76 bits per heavy atom. The van der Waals surface area contributed by atoms with Gasteiger partial charge in [-0.05, 0) is 40.6 Å². The average molecular weight is 345 g/mol. The maximum atomic E-state index is 12.6. The standard InChI is InChI=1S/C20H15N3OS/c24-20(19-16-5-2-1-4-15(16)8-10-22-19)23-13-14-7-9-21-17(12-14)18-6-3-11-25-18/h1-12H,13H2,(H,23,24). The summed E-state index contributed by atoms with van der Waals surface area (Å²) < 4.78 is 0. The van der Waals surface area contributed by atoms with Crippen molar-refractivity contribution in [1.82, 2.24) is 15.3 Å². The van der Waals surface area contributed by atoms with E-state index in [1.807, 2.05) is 60.0 Å². The Morgan fingerprint density at radius 2 is 1.88 bits per heavy atom. The van der Waals surface area contributed by atoms with Crippen LogP contribution in [0.3, 0.4) is 0 Å². The van der Waals surface area contributed by atoms with E-state index >= 15 is 0 Å². The van der Waals surface area contributed by atoms with E-state index in [0.717, 1.165) is 26.9 Å². The first-order chi connectivity index (χ1) is 12.3. The van der Waals surface area contributed by atoms with Crippen molar-refractivity contribution in [3.05, 3.63) is 83.6 Å². The molecule has 4 aromatic rings. The van der Waals surface area contributed by atoms with Gasteiger partial charge in [0.25, 0.3) is 5.91 Å². The van der Waals surface area contributed by atoms with Crippen LogP contribution < -0.4 is 5.32 Å². The number of carbonyl (C=O) groups excluding carboxylic acids is 1. The van der Waals surface area contributed by atoms with Crippen LogP contribution in [0.5, 0.6) is 0 Å². The van der Waals surface area contributed by atoms with Gasteiger partial charge in [-0.2, -0.15) is 0 Å². The molecule has 4 rings (SSSR count). The third kappa shape index (κ3) is 3.27. The Kier molecular flexibility index (Phi) is 4.23. The fourth-order valence-corrected chi connectivity index (χ4v) is 3.40. The Morgan fingerprint density at radius 1 is 1.00 bits per heavy atom. The molecule has 0 saturated carbocycles. The highest BCUT2D eigenvalue weighted by Gasteiger charge is 2.11. The van der Waals surface area contributed by atoms with Gasteiger partial charge < -0.3 is 5.32 Å². The normalized spacial score (nSPS) is 10.7. The van der Waals surface area contributed by atoms with E-state index in [1.54, 1.807) is 23.7 Å². The molecule has 0 spiro atoms. The van der Waals surface area contributed by atoms with E-state index in [4.69, 9.17) is 0 Å². The first kappa shape index (κ1) is 15.5. The lowest BCUT2D eigenvalue weighted by Crippen LogP contribution is -2.24. The summed E-state index contributed by atoms with van der Waals surface area (Å²) in [5, 5.41) is 6.84. The van der Waals surface area contributed by atoms with Gasteiger partial charge in [-0.15, -0.1) is 11.3 Å². The van der Waals surface area contributed by atoms with Gasteiger partial charge in [0.05, 0.1) is 10.6 Å². The summed E-state index contributed by atoms with van der Waals surface area (Å²) in [6.07, 6.45) is 3.44. The van der Waals surface area contributed by atoms with Crippen LogP contribution in [0.15, 0.2) is 72.4 Å². The van der Waals surface area contributed by atoms with Gasteiger partial charge in [0.1, 0.15) is 5.69 Å². The Labute approximate surface area is 149 Å². The summed E-state index contributed by atoms with van der Waals surface area (Å²) in [4.78, 5) is 22.3. The number of benzene rings is 1. The highest BCUT2D eigenvalue weighted by Crippen LogP contribution is 2.23. The fraction of sp³-hybridized carbons (Fsp3) is 0.0500. The Balaban J connectivity index is 1.53. The van der Waals surface area contributed by atoms with Gasteiger partial charge in [-0.1, -0.05) is 30.3 Å². The molecule has 0 unspecified atom stereocenters. The molecule has 0 fully saturated rings. The third-order valence-corrected chi connectivity index (χ3v) is 4.83. The average Bonchev–Trinajstić information content (AvgIpc) is 3.21. The molecule has 122 valence electrons.